The van der Waals surface area contributed by atoms with Crippen molar-refractivity contribution in [3.63, 3.8) is 0 Å². The highest BCUT2D eigenvalue weighted by Crippen LogP contribution is 2.49. The molecule has 1 fully saturated rings. The first-order chi connectivity index (χ1) is 20.4. The molecular weight excluding hydrogens is 660 g/mol. The molecule has 2 aliphatic rings. The molecule has 2 atom stereocenters. The molecule has 1 amide bonds. The fourth-order valence-electron chi connectivity index (χ4n) is 4.25. The third-order valence-corrected chi connectivity index (χ3v) is 11.4. The summed E-state index contributed by atoms with van der Waals surface area (Å²) in [5.41, 5.74) is 1.28. The molecular formula is C24H24N6O8PS4+. The van der Waals surface area contributed by atoms with Crippen LogP contribution in [0.25, 0.3) is 11.3 Å². The fourth-order valence-corrected chi connectivity index (χ4v) is 9.39. The number of rotatable bonds is 12. The van der Waals surface area contributed by atoms with E-state index >= 15 is 0 Å². The van der Waals surface area contributed by atoms with Crippen molar-refractivity contribution in [2.75, 3.05) is 12.4 Å². The monoisotopic (exact) mass is 683 g/mol. The van der Waals surface area contributed by atoms with E-state index in [1.165, 1.54) is 39.8 Å². The zero-order valence-corrected chi connectivity index (χ0v) is 26.7. The van der Waals surface area contributed by atoms with Crippen LogP contribution in [-0.4, -0.2) is 75.2 Å². The van der Waals surface area contributed by atoms with E-state index in [1.807, 2.05) is 41.5 Å². The van der Waals surface area contributed by atoms with Crippen LogP contribution in [0.4, 0.5) is 0 Å². The number of oxime groups is 1. The van der Waals surface area contributed by atoms with Gasteiger partial charge in [0.15, 0.2) is 34.1 Å². The molecule has 43 heavy (non-hydrogen) atoms. The molecule has 226 valence electrons. The molecule has 14 nitrogen and oxygen atoms in total. The lowest BCUT2D eigenvalue weighted by Gasteiger charge is -2.49. The molecule has 3 N–H and O–H groups in total. The van der Waals surface area contributed by atoms with Crippen molar-refractivity contribution in [2.45, 2.75) is 29.2 Å². The van der Waals surface area contributed by atoms with E-state index in [-0.39, 0.29) is 35.3 Å². The summed E-state index contributed by atoms with van der Waals surface area (Å²) >= 11 is 4.66. The van der Waals surface area contributed by atoms with Crippen molar-refractivity contribution in [2.24, 2.45) is 18.1 Å². The van der Waals surface area contributed by atoms with Crippen molar-refractivity contribution in [3.05, 3.63) is 51.3 Å². The Labute approximate surface area is 261 Å². The van der Waals surface area contributed by atoms with Gasteiger partial charge in [0.1, 0.15) is 30.5 Å². The minimum absolute atomic E-state index is 0.0144. The number of amides is 1. The second-order valence-corrected chi connectivity index (χ2v) is 15.1. The van der Waals surface area contributed by atoms with Gasteiger partial charge in [0.05, 0.1) is 17.0 Å². The normalized spacial score (nSPS) is 18.8. The maximum absolute atomic E-state index is 13.3. The third kappa shape index (κ3) is 7.06. The Hall–Kier alpha value is -2.99. The van der Waals surface area contributed by atoms with Crippen molar-refractivity contribution in [3.8, 4) is 11.3 Å². The van der Waals surface area contributed by atoms with Crippen molar-refractivity contribution < 1.29 is 43.2 Å². The van der Waals surface area contributed by atoms with Gasteiger partial charge in [0, 0.05) is 40.2 Å². The summed E-state index contributed by atoms with van der Waals surface area (Å²) in [6, 6.07) is 3.87. The zero-order chi connectivity index (χ0) is 30.9. The van der Waals surface area contributed by atoms with E-state index in [0.717, 1.165) is 22.8 Å². The first-order valence-electron chi connectivity index (χ1n) is 12.6. The van der Waals surface area contributed by atoms with Crippen LogP contribution in [0.3, 0.4) is 0 Å². The van der Waals surface area contributed by atoms with Crippen molar-refractivity contribution in [1.82, 2.24) is 19.2 Å². The molecule has 0 bridgehead atoms. The van der Waals surface area contributed by atoms with Crippen LogP contribution >= 0.6 is 54.0 Å². The number of aryl methyl sites for hydroxylation is 1. The average Bonchev–Trinajstić information content (AvgIpc) is 3.60. The number of hydrogen-bond acceptors (Lipinski definition) is 13. The molecule has 19 heteroatoms. The number of hydrogen-bond donors (Lipinski definition) is 3. The van der Waals surface area contributed by atoms with E-state index in [9.17, 15) is 33.8 Å². The van der Waals surface area contributed by atoms with Crippen LogP contribution in [0.2, 0.25) is 0 Å². The Balaban J connectivity index is 1.31. The van der Waals surface area contributed by atoms with Gasteiger partial charge in [-0.3, -0.25) is 19.1 Å². The number of nitrogens with zero attached hydrogens (tertiary/aromatic N) is 6. The zero-order valence-electron chi connectivity index (χ0n) is 22.5. The van der Waals surface area contributed by atoms with Gasteiger partial charge in [-0.25, -0.2) is 19.3 Å². The number of carbonyl (C=O) groups is 3. The van der Waals surface area contributed by atoms with Crippen LogP contribution < -0.4 is 4.57 Å². The Morgan fingerprint density at radius 1 is 1.28 bits per heavy atom. The molecule has 5 heterocycles. The average molecular weight is 684 g/mol. The fraction of sp³-hybridized carbons (Fsp3) is 0.333. The van der Waals surface area contributed by atoms with E-state index in [2.05, 4.69) is 19.5 Å². The van der Waals surface area contributed by atoms with E-state index in [1.54, 1.807) is 6.92 Å². The van der Waals surface area contributed by atoms with Crippen molar-refractivity contribution >= 4 is 77.4 Å². The van der Waals surface area contributed by atoms with Crippen LogP contribution in [0.1, 0.15) is 24.2 Å². The highest BCUT2D eigenvalue weighted by molar-refractivity contribution is 8.07. The number of fused-ring (bicyclic) bond motifs is 1. The maximum Gasteiger partial charge on any atom is 0.353 e. The van der Waals surface area contributed by atoms with Gasteiger partial charge in [-0.05, 0) is 18.5 Å². The number of β-lactam (4-membered cyclic amide) rings is 1. The lowest BCUT2D eigenvalue weighted by molar-refractivity contribution is -0.671. The number of thiazole rings is 1. The number of thioether (sulfide) groups is 2. The number of aliphatic carboxylic acids is 1. The molecule has 0 saturated carbocycles. The van der Waals surface area contributed by atoms with Gasteiger partial charge < -0.3 is 19.7 Å². The predicted octanol–water partition coefficient (Wildman–Crippen LogP) is 2.48. The molecule has 3 aromatic rings. The predicted molar refractivity (Wildman–Crippen MR) is 159 cm³/mol. The molecule has 0 unspecified atom stereocenters. The SMILES string of the molecule is CCO/N=C(\C(=O)C[C@@H]1C(=O)N2C(C(=O)O)=C(Sc3nc(-c4cc[n+](C)cc4)cs3)CS[C@H]12)c1nsc(CP(=O)(O)O)n1. The summed E-state index contributed by atoms with van der Waals surface area (Å²) in [6.45, 7) is 1.78. The lowest BCUT2D eigenvalue weighted by atomic mass is 9.90. The minimum atomic E-state index is -4.41. The summed E-state index contributed by atoms with van der Waals surface area (Å²) in [4.78, 5) is 72.7. The van der Waals surface area contributed by atoms with Crippen molar-refractivity contribution in [1.29, 1.82) is 0 Å². The van der Waals surface area contributed by atoms with E-state index < -0.39 is 42.7 Å². The van der Waals surface area contributed by atoms with Crippen LogP contribution in [0.5, 0.6) is 0 Å². The second-order valence-electron chi connectivity index (χ2n) is 9.27. The molecule has 5 rings (SSSR count). The number of carboxylic acid groups (broad SMARTS) is 1. The molecule has 0 radical (unpaired) electrons. The van der Waals surface area contributed by atoms with Gasteiger partial charge in [-0.1, -0.05) is 16.9 Å². The van der Waals surface area contributed by atoms with Gasteiger partial charge in [-0.2, -0.15) is 4.37 Å². The smallest absolute Gasteiger partial charge is 0.353 e. The largest absolute Gasteiger partial charge is 0.477 e. The summed E-state index contributed by atoms with van der Waals surface area (Å²) in [6.07, 6.45) is 2.87. The summed E-state index contributed by atoms with van der Waals surface area (Å²) in [5, 5.41) is 15.2. The van der Waals surface area contributed by atoms with Gasteiger partial charge in [0.25, 0.3) is 0 Å². The molecule has 3 aromatic heterocycles. The topological polar surface area (TPSA) is 196 Å². The standard InChI is InChI=1S/C24H23N6O8PS4/c1-3-38-27-18(20-26-17(43-28-20)9-39(35,36)37)15(31)8-13-21(32)30-19(23(33)34)16(11-40-22(13)30)42-24-25-14(10-41-24)12-4-6-29(2)7-5-12/h4-7,10,13,22H,3,8-9,11H2,1-2H3,(H2-,33,34,35,36,37)/p+1/b27-18+/t13-,22-/m1/s1. The highest BCUT2D eigenvalue weighted by Gasteiger charge is 2.54. The van der Waals surface area contributed by atoms with Crippen LogP contribution in [0.15, 0.2) is 50.0 Å². The molecule has 0 aliphatic carbocycles. The Kier molecular flexibility index (Phi) is 9.46. The van der Waals surface area contributed by atoms with Gasteiger partial charge >= 0.3 is 13.6 Å². The summed E-state index contributed by atoms with van der Waals surface area (Å²) in [5.74, 6) is -3.05. The van der Waals surface area contributed by atoms with Crippen LogP contribution in [0, 0.1) is 5.92 Å². The number of Topliss-reactive ketones (excluding diaryl/α,β-unsaturated/α-hetero) is 1. The first kappa shape index (κ1) is 31.4. The number of carbonyl (C=O) groups excluding carboxylic acids is 2. The first-order valence-corrected chi connectivity index (χ1v) is 17.9. The van der Waals surface area contributed by atoms with Crippen LogP contribution in [-0.2, 0) is 37.0 Å². The maximum atomic E-state index is 13.3. The quantitative estimate of drug-likeness (QED) is 0.0829. The summed E-state index contributed by atoms with van der Waals surface area (Å²) in [7, 11) is -2.49. The molecule has 0 aromatic carbocycles. The Morgan fingerprint density at radius 3 is 2.70 bits per heavy atom. The lowest BCUT2D eigenvalue weighted by Crippen LogP contribution is -2.61. The third-order valence-electron chi connectivity index (χ3n) is 6.19. The molecule has 1 saturated heterocycles. The minimum Gasteiger partial charge on any atom is -0.477 e. The molecule has 2 aliphatic heterocycles. The van der Waals surface area contributed by atoms with E-state index in [4.69, 9.17) is 4.84 Å². The van der Waals surface area contributed by atoms with Gasteiger partial charge in [-0.15, -0.1) is 23.1 Å². The summed E-state index contributed by atoms with van der Waals surface area (Å²) < 4.78 is 17.9. The number of pyridine rings is 1. The highest BCUT2D eigenvalue weighted by atomic mass is 32.2. The number of aromatic nitrogens is 4. The van der Waals surface area contributed by atoms with Gasteiger partial charge in [0.2, 0.25) is 5.91 Å². The Bertz CT molecular complexity index is 1680. The number of ketones is 1. The molecule has 0 spiro atoms. The van der Waals surface area contributed by atoms with E-state index in [0.29, 0.717) is 15.0 Å². The Morgan fingerprint density at radius 2 is 2.02 bits per heavy atom. The number of carboxylic acids is 1. The second kappa shape index (κ2) is 12.9.